The predicted octanol–water partition coefficient (Wildman–Crippen LogP) is 3.05. The molecule has 1 aromatic heterocycles. The lowest BCUT2D eigenvalue weighted by molar-refractivity contribution is 0.179. The fraction of sp³-hybridized carbons (Fsp3) is 0.526. The third-order valence-corrected chi connectivity index (χ3v) is 5.40. The van der Waals surface area contributed by atoms with E-state index in [1.165, 1.54) is 37.7 Å². The van der Waals surface area contributed by atoms with Gasteiger partial charge in [-0.05, 0) is 29.9 Å². The van der Waals surface area contributed by atoms with E-state index < -0.39 is 0 Å². The summed E-state index contributed by atoms with van der Waals surface area (Å²) in [5.74, 6) is 1.57. The maximum Gasteiger partial charge on any atom is 0.318 e. The third-order valence-electron chi connectivity index (χ3n) is 5.40. The summed E-state index contributed by atoms with van der Waals surface area (Å²) in [6, 6.07) is 8.74. The molecule has 2 amide bonds. The van der Waals surface area contributed by atoms with E-state index in [2.05, 4.69) is 39.7 Å². The first-order valence-electron chi connectivity index (χ1n) is 9.28. The van der Waals surface area contributed by atoms with Gasteiger partial charge < -0.3 is 10.2 Å². The van der Waals surface area contributed by atoms with Gasteiger partial charge in [0.1, 0.15) is 12.2 Å². The minimum Gasteiger partial charge on any atom is -0.334 e. The van der Waals surface area contributed by atoms with Gasteiger partial charge in [0.05, 0.1) is 13.1 Å². The van der Waals surface area contributed by atoms with Crippen LogP contribution in [0.3, 0.4) is 0 Å². The first-order chi connectivity index (χ1) is 12.3. The number of benzene rings is 1. The zero-order chi connectivity index (χ0) is 17.1. The summed E-state index contributed by atoms with van der Waals surface area (Å²) < 4.78 is 1.85. The third kappa shape index (κ3) is 3.67. The summed E-state index contributed by atoms with van der Waals surface area (Å²) in [7, 11) is 0. The highest BCUT2D eigenvalue weighted by atomic mass is 16.2. The molecule has 2 aromatic rings. The molecule has 0 saturated heterocycles. The molecule has 6 nitrogen and oxygen atoms in total. The summed E-state index contributed by atoms with van der Waals surface area (Å²) in [5.41, 5.74) is 2.60. The fourth-order valence-electron chi connectivity index (χ4n) is 3.87. The largest absolute Gasteiger partial charge is 0.334 e. The number of hydrogen-bond donors (Lipinski definition) is 1. The SMILES string of the molecule is O=C(NCc1ccc(C2CCCCC2)cc1)N1CCn2ncnc2C1. The van der Waals surface area contributed by atoms with E-state index in [1.807, 2.05) is 4.68 Å². The van der Waals surface area contributed by atoms with Gasteiger partial charge in [0, 0.05) is 13.1 Å². The molecule has 4 rings (SSSR count). The van der Waals surface area contributed by atoms with Crippen LogP contribution < -0.4 is 5.32 Å². The number of carbonyl (C=O) groups excluding carboxylic acids is 1. The number of aromatic nitrogens is 3. The van der Waals surface area contributed by atoms with E-state index in [4.69, 9.17) is 0 Å². The Labute approximate surface area is 148 Å². The number of urea groups is 1. The molecule has 0 atom stereocenters. The second-order valence-corrected chi connectivity index (χ2v) is 7.06. The zero-order valence-electron chi connectivity index (χ0n) is 14.5. The summed E-state index contributed by atoms with van der Waals surface area (Å²) in [6.07, 6.45) is 8.27. The molecule has 2 heterocycles. The highest BCUT2D eigenvalue weighted by Crippen LogP contribution is 2.32. The minimum absolute atomic E-state index is 0.0365. The smallest absolute Gasteiger partial charge is 0.318 e. The van der Waals surface area contributed by atoms with Gasteiger partial charge in [0.25, 0.3) is 0 Å². The van der Waals surface area contributed by atoms with Gasteiger partial charge in [-0.25, -0.2) is 14.5 Å². The first-order valence-corrected chi connectivity index (χ1v) is 9.28. The Kier molecular flexibility index (Phi) is 4.68. The highest BCUT2D eigenvalue weighted by molar-refractivity contribution is 5.74. The van der Waals surface area contributed by atoms with Crippen LogP contribution >= 0.6 is 0 Å². The van der Waals surface area contributed by atoms with Crippen molar-refractivity contribution in [2.75, 3.05) is 6.54 Å². The maximum atomic E-state index is 12.4. The average Bonchev–Trinajstić information content (AvgIpc) is 3.15. The van der Waals surface area contributed by atoms with Gasteiger partial charge in [0.2, 0.25) is 0 Å². The number of carbonyl (C=O) groups is 1. The van der Waals surface area contributed by atoms with Crippen molar-refractivity contribution >= 4 is 6.03 Å². The van der Waals surface area contributed by atoms with Gasteiger partial charge >= 0.3 is 6.03 Å². The molecule has 1 saturated carbocycles. The lowest BCUT2D eigenvalue weighted by Gasteiger charge is -2.27. The normalized spacial score (nSPS) is 18.0. The first kappa shape index (κ1) is 16.1. The standard InChI is InChI=1S/C19H25N5O/c25-19(23-10-11-24-18(13-23)21-14-22-24)20-12-15-6-8-17(9-7-15)16-4-2-1-3-5-16/h6-9,14,16H,1-5,10-13H2,(H,20,25). The van der Waals surface area contributed by atoms with Crippen LogP contribution in [0.4, 0.5) is 4.79 Å². The van der Waals surface area contributed by atoms with Crippen LogP contribution in [0.2, 0.25) is 0 Å². The Balaban J connectivity index is 1.30. The molecular weight excluding hydrogens is 314 g/mol. The number of nitrogens with zero attached hydrogens (tertiary/aromatic N) is 4. The molecule has 1 N–H and O–H groups in total. The summed E-state index contributed by atoms with van der Waals surface area (Å²) in [6.45, 7) is 2.46. The fourth-order valence-corrected chi connectivity index (χ4v) is 3.87. The second-order valence-electron chi connectivity index (χ2n) is 7.06. The molecule has 0 unspecified atom stereocenters. The Morgan fingerprint density at radius 2 is 1.92 bits per heavy atom. The topological polar surface area (TPSA) is 63.1 Å². The Hall–Kier alpha value is -2.37. The van der Waals surface area contributed by atoms with Gasteiger partial charge in [-0.2, -0.15) is 5.10 Å². The summed E-state index contributed by atoms with van der Waals surface area (Å²) in [4.78, 5) is 18.4. The molecule has 1 aliphatic heterocycles. The Bertz CT molecular complexity index is 718. The predicted molar refractivity (Wildman–Crippen MR) is 94.9 cm³/mol. The molecule has 0 bridgehead atoms. The lowest BCUT2D eigenvalue weighted by atomic mass is 9.84. The molecule has 0 radical (unpaired) electrons. The van der Waals surface area contributed by atoms with E-state index in [0.717, 1.165) is 17.3 Å². The second kappa shape index (κ2) is 7.25. The molecule has 0 spiro atoms. The van der Waals surface area contributed by atoms with Crippen molar-refractivity contribution in [3.8, 4) is 0 Å². The molecule has 6 heteroatoms. The quantitative estimate of drug-likeness (QED) is 0.935. The molecule has 1 fully saturated rings. The summed E-state index contributed by atoms with van der Waals surface area (Å²) >= 11 is 0. The monoisotopic (exact) mass is 339 g/mol. The van der Waals surface area contributed by atoms with Crippen molar-refractivity contribution in [2.24, 2.45) is 0 Å². The van der Waals surface area contributed by atoms with Gasteiger partial charge in [-0.3, -0.25) is 0 Å². The lowest BCUT2D eigenvalue weighted by Crippen LogP contribution is -2.44. The molecule has 132 valence electrons. The van der Waals surface area contributed by atoms with Crippen LogP contribution in [-0.2, 0) is 19.6 Å². The number of amides is 2. The zero-order valence-corrected chi connectivity index (χ0v) is 14.5. The molecule has 25 heavy (non-hydrogen) atoms. The van der Waals surface area contributed by atoms with Crippen molar-refractivity contribution in [2.45, 2.75) is 57.7 Å². The van der Waals surface area contributed by atoms with Crippen LogP contribution in [0, 0.1) is 0 Å². The van der Waals surface area contributed by atoms with Gasteiger partial charge in [-0.15, -0.1) is 0 Å². The van der Waals surface area contributed by atoms with Crippen molar-refractivity contribution in [3.05, 3.63) is 47.5 Å². The van der Waals surface area contributed by atoms with E-state index >= 15 is 0 Å². The van der Waals surface area contributed by atoms with Gasteiger partial charge in [-0.1, -0.05) is 43.5 Å². The molecule has 2 aliphatic rings. The maximum absolute atomic E-state index is 12.4. The van der Waals surface area contributed by atoms with E-state index in [-0.39, 0.29) is 6.03 Å². The molecule has 1 aliphatic carbocycles. The van der Waals surface area contributed by atoms with Crippen molar-refractivity contribution in [3.63, 3.8) is 0 Å². The number of rotatable bonds is 3. The van der Waals surface area contributed by atoms with Crippen LogP contribution in [0.1, 0.15) is 55.0 Å². The Morgan fingerprint density at radius 1 is 1.12 bits per heavy atom. The van der Waals surface area contributed by atoms with E-state index in [1.54, 1.807) is 11.2 Å². The van der Waals surface area contributed by atoms with Crippen LogP contribution in [0.5, 0.6) is 0 Å². The minimum atomic E-state index is -0.0365. The van der Waals surface area contributed by atoms with Crippen molar-refractivity contribution in [1.82, 2.24) is 25.0 Å². The van der Waals surface area contributed by atoms with E-state index in [9.17, 15) is 4.79 Å². The average molecular weight is 339 g/mol. The van der Waals surface area contributed by atoms with Crippen LogP contribution in [-0.4, -0.2) is 32.2 Å². The van der Waals surface area contributed by atoms with Crippen molar-refractivity contribution < 1.29 is 4.79 Å². The van der Waals surface area contributed by atoms with Crippen LogP contribution in [0.15, 0.2) is 30.6 Å². The number of hydrogen-bond acceptors (Lipinski definition) is 3. The Morgan fingerprint density at radius 3 is 2.72 bits per heavy atom. The number of nitrogens with one attached hydrogen (secondary N) is 1. The number of fused-ring (bicyclic) bond motifs is 1. The summed E-state index contributed by atoms with van der Waals surface area (Å²) in [5, 5.41) is 7.16. The van der Waals surface area contributed by atoms with Crippen LogP contribution in [0.25, 0.3) is 0 Å². The van der Waals surface area contributed by atoms with Crippen molar-refractivity contribution in [1.29, 1.82) is 0 Å². The molecular formula is C19H25N5O. The van der Waals surface area contributed by atoms with Gasteiger partial charge in [0.15, 0.2) is 0 Å². The molecule has 1 aromatic carbocycles. The highest BCUT2D eigenvalue weighted by Gasteiger charge is 2.21. The van der Waals surface area contributed by atoms with E-state index in [0.29, 0.717) is 26.2 Å².